The number of nitrogens with one attached hydrogen (secondary N) is 2. The number of piperazine rings is 1. The topological polar surface area (TPSA) is 101 Å². The number of hydrogen-bond donors (Lipinski definition) is 2. The van der Waals surface area contributed by atoms with Crippen LogP contribution >= 0.6 is 0 Å². The molecule has 9 nitrogen and oxygen atoms in total. The van der Waals surface area contributed by atoms with Gasteiger partial charge >= 0.3 is 6.18 Å². The lowest BCUT2D eigenvalue weighted by atomic mass is 10.1. The molecule has 0 bridgehead atoms. The Labute approximate surface area is 220 Å². The van der Waals surface area contributed by atoms with Crippen LogP contribution in [0.4, 0.5) is 13.2 Å². The number of methoxy groups -OCH3 is 1. The molecule has 1 aliphatic rings. The summed E-state index contributed by atoms with van der Waals surface area (Å²) < 4.78 is 47.8. The lowest BCUT2D eigenvalue weighted by molar-refractivity contribution is -0.148. The molecule has 2 N–H and O–H groups in total. The van der Waals surface area contributed by atoms with Gasteiger partial charge in [-0.25, -0.2) is 15.0 Å². The van der Waals surface area contributed by atoms with Crippen LogP contribution in [0.1, 0.15) is 17.7 Å². The summed E-state index contributed by atoms with van der Waals surface area (Å²) in [5.74, 6) is -0.629. The second-order valence-electron chi connectivity index (χ2n) is 9.24. The van der Waals surface area contributed by atoms with Crippen LogP contribution in [0, 0.1) is 0 Å². The van der Waals surface area contributed by atoms with Crippen LogP contribution in [0.3, 0.4) is 0 Å². The van der Waals surface area contributed by atoms with E-state index >= 15 is 0 Å². The fourth-order valence-corrected chi connectivity index (χ4v) is 5.01. The van der Waals surface area contributed by atoms with Gasteiger partial charge in [0.05, 0.1) is 41.1 Å². The fraction of sp³-hybridized carbons (Fsp3) is 0.259. The molecular formula is C27H24F3N7O2. The third kappa shape index (κ3) is 4.56. The Hall–Kier alpha value is -4.45. The maximum absolute atomic E-state index is 13.8. The molecule has 0 saturated carbocycles. The van der Waals surface area contributed by atoms with E-state index in [9.17, 15) is 18.0 Å². The van der Waals surface area contributed by atoms with E-state index in [0.717, 1.165) is 15.5 Å². The van der Waals surface area contributed by atoms with Crippen molar-refractivity contribution < 1.29 is 22.7 Å². The Morgan fingerprint density at radius 2 is 1.87 bits per heavy atom. The summed E-state index contributed by atoms with van der Waals surface area (Å²) in [5.41, 5.74) is 2.58. The number of amides is 1. The van der Waals surface area contributed by atoms with Crippen molar-refractivity contribution in [2.24, 2.45) is 0 Å². The Kier molecular flexibility index (Phi) is 6.18. The number of rotatable bonds is 5. The zero-order valence-electron chi connectivity index (χ0n) is 20.9. The number of alkyl halides is 3. The highest BCUT2D eigenvalue weighted by Gasteiger charge is 2.39. The first kappa shape index (κ1) is 24.9. The number of para-hydroxylation sites is 3. The van der Waals surface area contributed by atoms with E-state index in [1.165, 1.54) is 12.1 Å². The molecule has 1 atom stereocenters. The van der Waals surface area contributed by atoms with E-state index in [-0.39, 0.29) is 11.0 Å². The number of aromatic nitrogens is 5. The van der Waals surface area contributed by atoms with E-state index in [2.05, 4.69) is 25.3 Å². The van der Waals surface area contributed by atoms with E-state index in [0.29, 0.717) is 42.6 Å². The number of imidazole rings is 2. The van der Waals surface area contributed by atoms with Crippen molar-refractivity contribution in [3.8, 4) is 17.1 Å². The molecule has 39 heavy (non-hydrogen) atoms. The lowest BCUT2D eigenvalue weighted by Gasteiger charge is -2.35. The molecule has 4 heterocycles. The summed E-state index contributed by atoms with van der Waals surface area (Å²) in [6, 6.07) is 15.4. The predicted octanol–water partition coefficient (Wildman–Crippen LogP) is 4.18. The molecule has 5 aromatic rings. The maximum atomic E-state index is 13.8. The van der Waals surface area contributed by atoms with Gasteiger partial charge in [0.25, 0.3) is 0 Å². The SMILES string of the molecule is COc1nc2ccccc2cc1-c1cnc(C2CNCCN2C(=O)Cn2c(C(F)(F)F)nc3ccccc32)[nH]1. The molecular weight excluding hydrogens is 511 g/mol. The summed E-state index contributed by atoms with van der Waals surface area (Å²) in [7, 11) is 1.54. The van der Waals surface area contributed by atoms with Gasteiger partial charge in [0.2, 0.25) is 17.6 Å². The van der Waals surface area contributed by atoms with Crippen molar-refractivity contribution >= 4 is 27.8 Å². The first-order valence-corrected chi connectivity index (χ1v) is 12.3. The standard InChI is InChI=1S/C27H24F3N7O2/c1-39-25-17(12-16-6-2-3-7-18(16)34-25)20-13-32-24(33-20)22-14-31-10-11-36(22)23(38)15-37-21-9-5-4-8-19(21)35-26(37)27(28,29)30/h2-9,12-13,22,31H,10-11,14-15H2,1H3,(H,32,33). The smallest absolute Gasteiger partial charge is 0.449 e. The zero-order chi connectivity index (χ0) is 27.1. The van der Waals surface area contributed by atoms with Gasteiger partial charge in [-0.3, -0.25) is 4.79 Å². The van der Waals surface area contributed by atoms with Crippen LogP contribution in [0.5, 0.6) is 5.88 Å². The molecule has 2 aromatic carbocycles. The van der Waals surface area contributed by atoms with Crippen LogP contribution in [0.25, 0.3) is 33.2 Å². The highest BCUT2D eigenvalue weighted by Crippen LogP contribution is 2.34. The quantitative estimate of drug-likeness (QED) is 0.350. The van der Waals surface area contributed by atoms with Gasteiger partial charge in [-0.2, -0.15) is 13.2 Å². The average molecular weight is 536 g/mol. The Morgan fingerprint density at radius 3 is 2.67 bits per heavy atom. The average Bonchev–Trinajstić information content (AvgIpc) is 3.58. The summed E-state index contributed by atoms with van der Waals surface area (Å²) in [6.07, 6.45) is -3.06. The van der Waals surface area contributed by atoms with Gasteiger partial charge in [0.1, 0.15) is 18.4 Å². The van der Waals surface area contributed by atoms with Crippen LogP contribution < -0.4 is 10.1 Å². The molecule has 3 aromatic heterocycles. The Bertz CT molecular complexity index is 1680. The van der Waals surface area contributed by atoms with Gasteiger partial charge < -0.3 is 24.5 Å². The molecule has 200 valence electrons. The van der Waals surface area contributed by atoms with Crippen molar-refractivity contribution in [3.63, 3.8) is 0 Å². The molecule has 0 radical (unpaired) electrons. The van der Waals surface area contributed by atoms with Gasteiger partial charge in [-0.05, 0) is 24.3 Å². The number of aromatic amines is 1. The van der Waals surface area contributed by atoms with Crippen molar-refractivity contribution in [2.45, 2.75) is 18.8 Å². The number of fused-ring (bicyclic) bond motifs is 2. The van der Waals surface area contributed by atoms with Crippen molar-refractivity contribution in [1.29, 1.82) is 0 Å². The second kappa shape index (κ2) is 9.70. The van der Waals surface area contributed by atoms with Gasteiger partial charge in [0, 0.05) is 25.0 Å². The predicted molar refractivity (Wildman–Crippen MR) is 138 cm³/mol. The van der Waals surface area contributed by atoms with Gasteiger partial charge in [0.15, 0.2) is 0 Å². The summed E-state index contributed by atoms with van der Waals surface area (Å²) in [6.45, 7) is 0.716. The van der Waals surface area contributed by atoms with E-state index < -0.39 is 30.5 Å². The number of carbonyl (C=O) groups excluding carboxylic acids is 1. The minimum Gasteiger partial charge on any atom is -0.480 e. The molecule has 1 aliphatic heterocycles. The largest absolute Gasteiger partial charge is 0.480 e. The molecule has 1 fully saturated rings. The number of halogens is 3. The maximum Gasteiger partial charge on any atom is 0.449 e. The van der Waals surface area contributed by atoms with Crippen molar-refractivity contribution in [3.05, 3.63) is 72.4 Å². The van der Waals surface area contributed by atoms with Gasteiger partial charge in [-0.1, -0.05) is 30.3 Å². The number of hydrogen-bond acceptors (Lipinski definition) is 6. The minimum atomic E-state index is -4.70. The van der Waals surface area contributed by atoms with E-state index in [4.69, 9.17) is 4.74 Å². The number of H-pyrrole nitrogens is 1. The number of nitrogens with zero attached hydrogens (tertiary/aromatic N) is 5. The Morgan fingerprint density at radius 1 is 1.10 bits per heavy atom. The van der Waals surface area contributed by atoms with Crippen molar-refractivity contribution in [1.82, 2.24) is 34.7 Å². The summed E-state index contributed by atoms with van der Waals surface area (Å²) in [5, 5.41) is 4.17. The number of pyridine rings is 1. The van der Waals surface area contributed by atoms with Crippen LogP contribution in [0.15, 0.2) is 60.8 Å². The normalized spacial score (nSPS) is 16.2. The highest BCUT2D eigenvalue weighted by atomic mass is 19.4. The molecule has 12 heteroatoms. The van der Waals surface area contributed by atoms with Crippen LogP contribution in [0.2, 0.25) is 0 Å². The number of carbonyl (C=O) groups is 1. The number of ether oxygens (including phenoxy) is 1. The molecule has 1 amide bonds. The van der Waals surface area contributed by atoms with Gasteiger partial charge in [-0.15, -0.1) is 0 Å². The second-order valence-corrected chi connectivity index (χ2v) is 9.24. The van der Waals surface area contributed by atoms with Crippen LogP contribution in [-0.2, 0) is 17.5 Å². The zero-order valence-corrected chi connectivity index (χ0v) is 20.9. The first-order valence-electron chi connectivity index (χ1n) is 12.3. The molecule has 0 spiro atoms. The third-order valence-corrected chi connectivity index (χ3v) is 6.85. The lowest BCUT2D eigenvalue weighted by Crippen LogP contribution is -2.50. The molecule has 0 aliphatic carbocycles. The number of benzene rings is 2. The monoisotopic (exact) mass is 535 g/mol. The minimum absolute atomic E-state index is 0.183. The molecule has 1 saturated heterocycles. The summed E-state index contributed by atoms with van der Waals surface area (Å²) >= 11 is 0. The third-order valence-electron chi connectivity index (χ3n) is 6.85. The fourth-order valence-electron chi connectivity index (χ4n) is 5.01. The highest BCUT2D eigenvalue weighted by molar-refractivity contribution is 5.85. The first-order chi connectivity index (χ1) is 18.8. The molecule has 6 rings (SSSR count). The van der Waals surface area contributed by atoms with Crippen LogP contribution in [-0.4, -0.2) is 62.1 Å². The Balaban J connectivity index is 1.32. The summed E-state index contributed by atoms with van der Waals surface area (Å²) in [4.78, 5) is 31.2. The molecule has 1 unspecified atom stereocenters. The van der Waals surface area contributed by atoms with Crippen molar-refractivity contribution in [2.75, 3.05) is 26.7 Å². The van der Waals surface area contributed by atoms with E-state index in [1.54, 1.807) is 30.3 Å². The van der Waals surface area contributed by atoms with E-state index in [1.807, 2.05) is 30.3 Å².